The molecule has 0 aliphatic rings. The van der Waals surface area contributed by atoms with Gasteiger partial charge in [-0.3, -0.25) is 0 Å². The van der Waals surface area contributed by atoms with E-state index in [0.29, 0.717) is 11.6 Å². The van der Waals surface area contributed by atoms with Gasteiger partial charge in [-0.2, -0.15) is 0 Å². The van der Waals surface area contributed by atoms with Gasteiger partial charge in [0.1, 0.15) is 13.2 Å². The fourth-order valence-corrected chi connectivity index (χ4v) is 1.24. The molecule has 0 aliphatic heterocycles. The first-order valence-corrected chi connectivity index (χ1v) is 5.19. The standard InChI is InChI=1S/C12H13ClO3/c1-2-7-16-12(14)9-15-8-10-5-3-4-6-11(10)13/h2-6H,1,7-9H2. The summed E-state index contributed by atoms with van der Waals surface area (Å²) >= 11 is 5.91. The highest BCUT2D eigenvalue weighted by Crippen LogP contribution is 2.15. The van der Waals surface area contributed by atoms with Crippen molar-refractivity contribution in [3.05, 3.63) is 47.5 Å². The summed E-state index contributed by atoms with van der Waals surface area (Å²) in [4.78, 5) is 11.0. The lowest BCUT2D eigenvalue weighted by atomic mass is 10.2. The van der Waals surface area contributed by atoms with Gasteiger partial charge in [0.15, 0.2) is 0 Å². The summed E-state index contributed by atoms with van der Waals surface area (Å²) in [7, 11) is 0. The lowest BCUT2D eigenvalue weighted by molar-refractivity contribution is -0.148. The highest BCUT2D eigenvalue weighted by Gasteiger charge is 2.03. The average molecular weight is 241 g/mol. The molecular formula is C12H13ClO3. The molecule has 4 heteroatoms. The molecule has 86 valence electrons. The van der Waals surface area contributed by atoms with Crippen LogP contribution in [0.4, 0.5) is 0 Å². The topological polar surface area (TPSA) is 35.5 Å². The summed E-state index contributed by atoms with van der Waals surface area (Å²) < 4.78 is 9.91. The van der Waals surface area contributed by atoms with Crippen LogP contribution in [0.25, 0.3) is 0 Å². The molecule has 0 fully saturated rings. The largest absolute Gasteiger partial charge is 0.460 e. The third kappa shape index (κ3) is 4.47. The maximum absolute atomic E-state index is 11.0. The maximum Gasteiger partial charge on any atom is 0.332 e. The zero-order chi connectivity index (χ0) is 11.8. The van der Waals surface area contributed by atoms with E-state index in [0.717, 1.165) is 5.56 Å². The van der Waals surface area contributed by atoms with Gasteiger partial charge in [-0.05, 0) is 11.6 Å². The molecule has 1 aromatic carbocycles. The van der Waals surface area contributed by atoms with E-state index >= 15 is 0 Å². The first-order chi connectivity index (χ1) is 7.74. The summed E-state index contributed by atoms with van der Waals surface area (Å²) in [5.41, 5.74) is 0.848. The molecule has 3 nitrogen and oxygen atoms in total. The van der Waals surface area contributed by atoms with Crippen LogP contribution in [-0.2, 0) is 20.9 Å². The van der Waals surface area contributed by atoms with E-state index in [9.17, 15) is 4.79 Å². The highest BCUT2D eigenvalue weighted by molar-refractivity contribution is 6.31. The number of hydrogen-bond acceptors (Lipinski definition) is 3. The van der Waals surface area contributed by atoms with Crippen molar-refractivity contribution < 1.29 is 14.3 Å². The molecular weight excluding hydrogens is 228 g/mol. The summed E-state index contributed by atoms with van der Waals surface area (Å²) in [5.74, 6) is -0.410. The van der Waals surface area contributed by atoms with Gasteiger partial charge in [0.25, 0.3) is 0 Å². The minimum atomic E-state index is -0.410. The van der Waals surface area contributed by atoms with Gasteiger partial charge in [0.05, 0.1) is 6.61 Å². The Morgan fingerprint density at radius 3 is 2.88 bits per heavy atom. The van der Waals surface area contributed by atoms with Crippen molar-refractivity contribution in [3.8, 4) is 0 Å². The predicted octanol–water partition coefficient (Wildman–Crippen LogP) is 2.59. The van der Waals surface area contributed by atoms with Gasteiger partial charge in [-0.15, -0.1) is 0 Å². The molecule has 0 N–H and O–H groups in total. The van der Waals surface area contributed by atoms with Crippen LogP contribution in [0, 0.1) is 0 Å². The Bertz CT molecular complexity index is 363. The van der Waals surface area contributed by atoms with Gasteiger partial charge in [-0.1, -0.05) is 42.5 Å². The molecule has 0 heterocycles. The number of benzene rings is 1. The number of halogens is 1. The molecule has 0 saturated heterocycles. The number of hydrogen-bond donors (Lipinski definition) is 0. The number of esters is 1. The molecule has 0 unspecified atom stereocenters. The normalized spacial score (nSPS) is 9.81. The third-order valence-electron chi connectivity index (χ3n) is 1.80. The molecule has 16 heavy (non-hydrogen) atoms. The molecule has 0 saturated carbocycles. The Kier molecular flexibility index (Phi) is 5.61. The Morgan fingerprint density at radius 1 is 1.44 bits per heavy atom. The summed E-state index contributed by atoms with van der Waals surface area (Å²) in [6.45, 7) is 3.85. The maximum atomic E-state index is 11.0. The number of carbonyl (C=O) groups is 1. The van der Waals surface area contributed by atoms with E-state index in [4.69, 9.17) is 21.1 Å². The average Bonchev–Trinajstić information content (AvgIpc) is 2.29. The quantitative estimate of drug-likeness (QED) is 0.566. The van der Waals surface area contributed by atoms with Gasteiger partial charge >= 0.3 is 5.97 Å². The van der Waals surface area contributed by atoms with Crippen molar-refractivity contribution in [2.24, 2.45) is 0 Å². The van der Waals surface area contributed by atoms with Crippen molar-refractivity contribution in [2.75, 3.05) is 13.2 Å². The number of rotatable bonds is 6. The van der Waals surface area contributed by atoms with Crippen molar-refractivity contribution >= 4 is 17.6 Å². The van der Waals surface area contributed by atoms with Gasteiger partial charge < -0.3 is 9.47 Å². The summed E-state index contributed by atoms with van der Waals surface area (Å²) in [5, 5.41) is 0.627. The smallest absolute Gasteiger partial charge is 0.332 e. The second-order valence-electron chi connectivity index (χ2n) is 3.06. The van der Waals surface area contributed by atoms with Gasteiger partial charge in [0.2, 0.25) is 0 Å². The van der Waals surface area contributed by atoms with Gasteiger partial charge in [0, 0.05) is 5.02 Å². The van der Waals surface area contributed by atoms with Crippen LogP contribution in [0.5, 0.6) is 0 Å². The van der Waals surface area contributed by atoms with Crippen molar-refractivity contribution in [2.45, 2.75) is 6.61 Å². The van der Waals surface area contributed by atoms with Crippen LogP contribution in [0.3, 0.4) is 0 Å². The molecule has 0 spiro atoms. The van der Waals surface area contributed by atoms with Crippen molar-refractivity contribution in [1.82, 2.24) is 0 Å². The zero-order valence-corrected chi connectivity index (χ0v) is 9.57. The van der Waals surface area contributed by atoms with Crippen LogP contribution in [-0.4, -0.2) is 19.2 Å². The Labute approximate surface area is 99.6 Å². The number of carbonyl (C=O) groups excluding carboxylic acids is 1. The van der Waals surface area contributed by atoms with E-state index in [1.807, 2.05) is 18.2 Å². The first-order valence-electron chi connectivity index (χ1n) is 4.81. The van der Waals surface area contributed by atoms with E-state index in [1.54, 1.807) is 6.07 Å². The summed E-state index contributed by atoms with van der Waals surface area (Å²) in [6.07, 6.45) is 1.51. The Hall–Kier alpha value is -1.32. The second kappa shape index (κ2) is 7.04. The molecule has 0 aromatic heterocycles. The lowest BCUT2D eigenvalue weighted by Crippen LogP contribution is -2.12. The van der Waals surface area contributed by atoms with Crippen molar-refractivity contribution in [3.63, 3.8) is 0 Å². The summed E-state index contributed by atoms with van der Waals surface area (Å²) in [6, 6.07) is 7.32. The van der Waals surface area contributed by atoms with Crippen molar-refractivity contribution in [1.29, 1.82) is 0 Å². The van der Waals surface area contributed by atoms with Gasteiger partial charge in [-0.25, -0.2) is 4.79 Å². The molecule has 0 aliphatic carbocycles. The van der Waals surface area contributed by atoms with Crippen LogP contribution in [0.15, 0.2) is 36.9 Å². The molecule has 1 rings (SSSR count). The van der Waals surface area contributed by atoms with E-state index in [-0.39, 0.29) is 13.2 Å². The minimum absolute atomic E-state index is 0.0843. The highest BCUT2D eigenvalue weighted by atomic mass is 35.5. The monoisotopic (exact) mass is 240 g/mol. The second-order valence-corrected chi connectivity index (χ2v) is 3.46. The SMILES string of the molecule is C=CCOC(=O)COCc1ccccc1Cl. The molecule has 0 atom stereocenters. The van der Waals surface area contributed by atoms with Crippen LogP contribution in [0.1, 0.15) is 5.56 Å². The van der Waals surface area contributed by atoms with E-state index < -0.39 is 5.97 Å². The fourth-order valence-electron chi connectivity index (χ4n) is 1.05. The van der Waals surface area contributed by atoms with Crippen LogP contribution < -0.4 is 0 Å². The Balaban J connectivity index is 2.28. The Morgan fingerprint density at radius 2 is 2.19 bits per heavy atom. The predicted molar refractivity (Wildman–Crippen MR) is 62.3 cm³/mol. The first kappa shape index (κ1) is 12.7. The fraction of sp³-hybridized carbons (Fsp3) is 0.250. The molecule has 0 amide bonds. The van der Waals surface area contributed by atoms with Crippen LogP contribution in [0.2, 0.25) is 5.02 Å². The van der Waals surface area contributed by atoms with E-state index in [2.05, 4.69) is 6.58 Å². The third-order valence-corrected chi connectivity index (χ3v) is 2.17. The molecule has 1 aromatic rings. The van der Waals surface area contributed by atoms with Crippen LogP contribution >= 0.6 is 11.6 Å². The lowest BCUT2D eigenvalue weighted by Gasteiger charge is -2.05. The zero-order valence-electron chi connectivity index (χ0n) is 8.82. The van der Waals surface area contributed by atoms with E-state index in [1.165, 1.54) is 6.08 Å². The number of ether oxygens (including phenoxy) is 2. The minimum Gasteiger partial charge on any atom is -0.460 e. The molecule has 0 bridgehead atoms. The molecule has 0 radical (unpaired) electrons.